The highest BCUT2D eigenvalue weighted by Gasteiger charge is 2.02. The van der Waals surface area contributed by atoms with Crippen LogP contribution in [0.5, 0.6) is 0 Å². The highest BCUT2D eigenvalue weighted by molar-refractivity contribution is 7.99. The van der Waals surface area contributed by atoms with Crippen molar-refractivity contribution in [2.45, 2.75) is 30.7 Å². The highest BCUT2D eigenvalue weighted by Crippen LogP contribution is 2.15. The number of hydrogen-bond donors (Lipinski definition) is 2. The first-order chi connectivity index (χ1) is 12.3. The first kappa shape index (κ1) is 19.4. The summed E-state index contributed by atoms with van der Waals surface area (Å²) in [5.74, 6) is 3.49. The number of aromatic nitrogens is 3. The summed E-state index contributed by atoms with van der Waals surface area (Å²) in [4.78, 5) is 15.9. The van der Waals surface area contributed by atoms with Crippen LogP contribution >= 0.6 is 23.5 Å². The minimum Gasteiger partial charge on any atom is -0.440 e. The van der Waals surface area contributed by atoms with Gasteiger partial charge in [-0.15, -0.1) is 0 Å². The van der Waals surface area contributed by atoms with E-state index in [0.29, 0.717) is 18.2 Å². The van der Waals surface area contributed by atoms with E-state index in [1.165, 1.54) is 0 Å². The molecule has 2 aromatic rings. The molecule has 0 aliphatic rings. The molecule has 2 heterocycles. The van der Waals surface area contributed by atoms with E-state index in [0.717, 1.165) is 47.4 Å². The summed E-state index contributed by atoms with van der Waals surface area (Å²) < 4.78 is 5.16. The van der Waals surface area contributed by atoms with Crippen molar-refractivity contribution in [3.05, 3.63) is 30.2 Å². The Bertz CT molecular complexity index is 677. The minimum absolute atomic E-state index is 0.315. The summed E-state index contributed by atoms with van der Waals surface area (Å²) >= 11 is 3.38. The van der Waals surface area contributed by atoms with Crippen LogP contribution in [-0.4, -0.2) is 45.4 Å². The molecular formula is C16H22N6OS2. The van der Waals surface area contributed by atoms with Crippen molar-refractivity contribution in [2.24, 2.45) is 4.99 Å². The minimum atomic E-state index is 0.315. The largest absolute Gasteiger partial charge is 0.440 e. The lowest BCUT2D eigenvalue weighted by Crippen LogP contribution is -2.26. The maximum absolute atomic E-state index is 8.91. The predicted octanol–water partition coefficient (Wildman–Crippen LogP) is 3.02. The van der Waals surface area contributed by atoms with Gasteiger partial charge in [-0.25, -0.2) is 9.97 Å². The number of rotatable bonds is 11. The van der Waals surface area contributed by atoms with Crippen LogP contribution in [0.2, 0.25) is 0 Å². The van der Waals surface area contributed by atoms with Crippen LogP contribution in [0.4, 0.5) is 0 Å². The van der Waals surface area contributed by atoms with E-state index in [1.807, 2.05) is 18.7 Å². The molecule has 0 amide bonds. The predicted molar refractivity (Wildman–Crippen MR) is 102 cm³/mol. The van der Waals surface area contributed by atoms with Gasteiger partial charge in [0.1, 0.15) is 12.1 Å². The summed E-state index contributed by atoms with van der Waals surface area (Å²) in [6, 6.07) is 2.16. The van der Waals surface area contributed by atoms with E-state index >= 15 is 0 Å². The molecule has 0 atom stereocenters. The van der Waals surface area contributed by atoms with Gasteiger partial charge in [-0.1, -0.05) is 11.8 Å². The third kappa shape index (κ3) is 7.67. The van der Waals surface area contributed by atoms with Gasteiger partial charge in [-0.3, -0.25) is 4.99 Å². The van der Waals surface area contributed by atoms with Crippen molar-refractivity contribution in [1.82, 2.24) is 20.3 Å². The van der Waals surface area contributed by atoms with Gasteiger partial charge in [-0.05, 0) is 13.3 Å². The molecular weight excluding hydrogens is 356 g/mol. The number of amidine groups is 1. The molecule has 0 aliphatic carbocycles. The first-order valence-electron chi connectivity index (χ1n) is 8.02. The smallest absolute Gasteiger partial charge is 0.255 e. The third-order valence-corrected chi connectivity index (χ3v) is 5.15. The van der Waals surface area contributed by atoms with Crippen LogP contribution < -0.4 is 5.32 Å². The number of aryl methyl sites for hydroxylation is 1. The van der Waals surface area contributed by atoms with Gasteiger partial charge in [0.15, 0.2) is 0 Å². The van der Waals surface area contributed by atoms with Gasteiger partial charge in [-0.2, -0.15) is 17.0 Å². The zero-order valence-corrected chi connectivity index (χ0v) is 15.8. The van der Waals surface area contributed by atoms with Crippen LogP contribution in [0.3, 0.4) is 0 Å². The highest BCUT2D eigenvalue weighted by atomic mass is 32.2. The lowest BCUT2D eigenvalue weighted by Gasteiger charge is -2.07. The van der Waals surface area contributed by atoms with Gasteiger partial charge in [0.05, 0.1) is 30.7 Å². The maximum Gasteiger partial charge on any atom is 0.255 e. The fourth-order valence-corrected chi connectivity index (χ4v) is 3.52. The summed E-state index contributed by atoms with van der Waals surface area (Å²) in [5.41, 5.74) is 2.22. The Labute approximate surface area is 156 Å². The number of oxazole rings is 1. The first-order valence-corrected chi connectivity index (χ1v) is 10.2. The standard InChI is InChI=1S/C16H22N6OS2/c1-13-14(22-12-21-13)11-24-10-7-19-15(3-4-17)18-5-2-9-25-16-20-6-8-23-16/h6,8,12H,2-3,5,7,9-11H2,1H3,(H,18,19)(H,21,22). The zero-order valence-electron chi connectivity index (χ0n) is 14.2. The normalized spacial score (nSPS) is 11.4. The Hall–Kier alpha value is -1.92. The van der Waals surface area contributed by atoms with Gasteiger partial charge < -0.3 is 14.7 Å². The Morgan fingerprint density at radius 1 is 1.44 bits per heavy atom. The van der Waals surface area contributed by atoms with E-state index in [-0.39, 0.29) is 0 Å². The molecule has 0 aliphatic heterocycles. The number of aromatic amines is 1. The van der Waals surface area contributed by atoms with Crippen LogP contribution in [0.1, 0.15) is 24.2 Å². The number of H-pyrrole nitrogens is 1. The van der Waals surface area contributed by atoms with E-state index in [4.69, 9.17) is 9.68 Å². The molecule has 0 unspecified atom stereocenters. The molecule has 2 aromatic heterocycles. The van der Waals surface area contributed by atoms with E-state index < -0.39 is 0 Å². The number of thioether (sulfide) groups is 2. The second kappa shape index (κ2) is 11.6. The summed E-state index contributed by atoms with van der Waals surface area (Å²) in [5, 5.41) is 12.9. The molecule has 0 saturated carbocycles. The van der Waals surface area contributed by atoms with Crippen LogP contribution in [0.25, 0.3) is 0 Å². The molecule has 0 spiro atoms. The lowest BCUT2D eigenvalue weighted by atomic mass is 10.4. The summed E-state index contributed by atoms with van der Waals surface area (Å²) in [6.07, 6.45) is 6.16. The average Bonchev–Trinajstić information content (AvgIpc) is 3.26. The fraction of sp³-hybridized carbons (Fsp3) is 0.500. The zero-order chi connectivity index (χ0) is 17.7. The van der Waals surface area contributed by atoms with Crippen molar-refractivity contribution in [1.29, 1.82) is 5.26 Å². The monoisotopic (exact) mass is 378 g/mol. The van der Waals surface area contributed by atoms with Gasteiger partial charge >= 0.3 is 0 Å². The van der Waals surface area contributed by atoms with Crippen molar-refractivity contribution in [2.75, 3.05) is 24.6 Å². The number of imidazole rings is 1. The van der Waals surface area contributed by atoms with Crippen LogP contribution in [0, 0.1) is 18.3 Å². The molecule has 0 fully saturated rings. The molecule has 25 heavy (non-hydrogen) atoms. The second-order valence-electron chi connectivity index (χ2n) is 5.12. The van der Waals surface area contributed by atoms with Crippen molar-refractivity contribution in [3.8, 4) is 6.07 Å². The quantitative estimate of drug-likeness (QED) is 0.268. The molecule has 0 bridgehead atoms. The Balaban J connectivity index is 1.58. The topological polar surface area (TPSA) is 103 Å². The number of hydrogen-bond acceptors (Lipinski definition) is 7. The number of aliphatic imine (C=N–C) groups is 1. The second-order valence-corrected chi connectivity index (χ2v) is 7.27. The molecule has 9 heteroatoms. The summed E-state index contributed by atoms with van der Waals surface area (Å²) in [7, 11) is 0. The van der Waals surface area contributed by atoms with Gasteiger partial charge in [0.25, 0.3) is 5.22 Å². The fourth-order valence-electron chi connectivity index (χ4n) is 1.94. The SMILES string of the molecule is Cc1[nH]cnc1CSCCNC(CC#N)=NCCCSc1ncco1. The Morgan fingerprint density at radius 3 is 3.08 bits per heavy atom. The summed E-state index contributed by atoms with van der Waals surface area (Å²) in [6.45, 7) is 3.51. The van der Waals surface area contributed by atoms with Crippen molar-refractivity contribution < 1.29 is 4.42 Å². The third-order valence-electron chi connectivity index (χ3n) is 3.24. The average molecular weight is 379 g/mol. The molecule has 0 saturated heterocycles. The molecule has 2 rings (SSSR count). The number of nitrogens with one attached hydrogen (secondary N) is 2. The van der Waals surface area contributed by atoms with E-state index in [9.17, 15) is 0 Å². The molecule has 0 radical (unpaired) electrons. The van der Waals surface area contributed by atoms with E-state index in [1.54, 1.807) is 30.5 Å². The van der Waals surface area contributed by atoms with Crippen molar-refractivity contribution >= 4 is 29.4 Å². The van der Waals surface area contributed by atoms with E-state index in [2.05, 4.69) is 31.3 Å². The van der Waals surface area contributed by atoms with Crippen LogP contribution in [-0.2, 0) is 5.75 Å². The Morgan fingerprint density at radius 2 is 2.36 bits per heavy atom. The molecule has 134 valence electrons. The molecule has 2 N–H and O–H groups in total. The van der Waals surface area contributed by atoms with Gasteiger partial charge in [0.2, 0.25) is 0 Å². The van der Waals surface area contributed by atoms with Gasteiger partial charge in [0, 0.05) is 36.0 Å². The maximum atomic E-state index is 8.91. The Kier molecular flexibility index (Phi) is 9.01. The molecule has 7 nitrogen and oxygen atoms in total. The molecule has 0 aromatic carbocycles. The number of nitriles is 1. The van der Waals surface area contributed by atoms with Crippen LogP contribution in [0.15, 0.2) is 33.4 Å². The number of nitrogens with zero attached hydrogens (tertiary/aromatic N) is 4. The lowest BCUT2D eigenvalue weighted by molar-refractivity contribution is 0.454. The van der Waals surface area contributed by atoms with Crippen molar-refractivity contribution in [3.63, 3.8) is 0 Å².